The minimum absolute atomic E-state index is 0.0835. The maximum absolute atomic E-state index is 12.6. The van der Waals surface area contributed by atoms with Gasteiger partial charge in [-0.1, -0.05) is 38.3 Å². The molecule has 0 aromatic heterocycles. The van der Waals surface area contributed by atoms with E-state index in [1.165, 1.54) is 0 Å². The first kappa shape index (κ1) is 17.7. The predicted octanol–water partition coefficient (Wildman–Crippen LogP) is 2.05. The molecule has 5 nitrogen and oxygen atoms in total. The molecule has 0 spiro atoms. The topological polar surface area (TPSA) is 77.8 Å². The SMILES string of the molecule is CCCCCCN(CCO)C(=O)[C@@H]1CC=CC[C@@H]1C(=O)O. The van der Waals surface area contributed by atoms with E-state index in [2.05, 4.69) is 6.92 Å². The maximum Gasteiger partial charge on any atom is 0.307 e. The van der Waals surface area contributed by atoms with Crippen molar-refractivity contribution in [3.05, 3.63) is 12.2 Å². The average Bonchev–Trinajstić information content (AvgIpc) is 2.49. The number of carbonyl (C=O) groups excluding carboxylic acids is 1. The van der Waals surface area contributed by atoms with E-state index >= 15 is 0 Å². The van der Waals surface area contributed by atoms with Crippen molar-refractivity contribution in [3.8, 4) is 0 Å². The van der Waals surface area contributed by atoms with Crippen LogP contribution >= 0.6 is 0 Å². The van der Waals surface area contributed by atoms with E-state index < -0.39 is 17.8 Å². The zero-order valence-corrected chi connectivity index (χ0v) is 12.8. The lowest BCUT2D eigenvalue weighted by Gasteiger charge is -2.30. The highest BCUT2D eigenvalue weighted by atomic mass is 16.4. The van der Waals surface area contributed by atoms with Crippen LogP contribution in [0, 0.1) is 11.8 Å². The fraction of sp³-hybridized carbons (Fsp3) is 0.750. The van der Waals surface area contributed by atoms with E-state index in [4.69, 9.17) is 5.11 Å². The molecule has 1 aliphatic rings. The second-order valence-corrected chi connectivity index (χ2v) is 5.60. The number of carbonyl (C=O) groups is 2. The Kier molecular flexibility index (Phi) is 8.05. The molecule has 0 saturated heterocycles. The first-order valence-corrected chi connectivity index (χ1v) is 7.89. The van der Waals surface area contributed by atoms with Crippen molar-refractivity contribution < 1.29 is 19.8 Å². The number of unbranched alkanes of at least 4 members (excludes halogenated alkanes) is 3. The van der Waals surface area contributed by atoms with Gasteiger partial charge in [0.15, 0.2) is 0 Å². The molecule has 2 atom stereocenters. The molecule has 0 aromatic rings. The molecule has 1 rings (SSSR count). The van der Waals surface area contributed by atoms with E-state index in [0.717, 1.165) is 25.7 Å². The van der Waals surface area contributed by atoms with Gasteiger partial charge < -0.3 is 15.1 Å². The number of hydrogen-bond donors (Lipinski definition) is 2. The van der Waals surface area contributed by atoms with E-state index in [1.54, 1.807) is 4.90 Å². The number of amides is 1. The summed E-state index contributed by atoms with van der Waals surface area (Å²) in [5, 5.41) is 18.4. The smallest absolute Gasteiger partial charge is 0.307 e. The second-order valence-electron chi connectivity index (χ2n) is 5.60. The van der Waals surface area contributed by atoms with Crippen molar-refractivity contribution in [1.29, 1.82) is 0 Å². The van der Waals surface area contributed by atoms with Crippen LogP contribution in [0.15, 0.2) is 12.2 Å². The Balaban J connectivity index is 2.65. The highest BCUT2D eigenvalue weighted by molar-refractivity contribution is 5.85. The maximum atomic E-state index is 12.6. The molecule has 2 N–H and O–H groups in total. The summed E-state index contributed by atoms with van der Waals surface area (Å²) in [6, 6.07) is 0. The Hall–Kier alpha value is -1.36. The van der Waals surface area contributed by atoms with Gasteiger partial charge in [-0.15, -0.1) is 0 Å². The van der Waals surface area contributed by atoms with Crippen LogP contribution in [0.3, 0.4) is 0 Å². The Bertz CT molecular complexity index is 367. The lowest BCUT2D eigenvalue weighted by Crippen LogP contribution is -2.43. The molecule has 1 aliphatic carbocycles. The molecule has 0 unspecified atom stereocenters. The van der Waals surface area contributed by atoms with Gasteiger partial charge in [0, 0.05) is 13.1 Å². The Morgan fingerprint density at radius 1 is 1.10 bits per heavy atom. The van der Waals surface area contributed by atoms with Crippen LogP contribution in [0.5, 0.6) is 0 Å². The summed E-state index contributed by atoms with van der Waals surface area (Å²) in [4.78, 5) is 25.5. The van der Waals surface area contributed by atoms with Crippen LogP contribution < -0.4 is 0 Å². The molecule has 0 radical (unpaired) electrons. The summed E-state index contributed by atoms with van der Waals surface area (Å²) in [7, 11) is 0. The Morgan fingerprint density at radius 3 is 2.33 bits per heavy atom. The number of carboxylic acids is 1. The third-order valence-corrected chi connectivity index (χ3v) is 4.03. The average molecular weight is 297 g/mol. The number of carboxylic acid groups (broad SMARTS) is 1. The summed E-state index contributed by atoms with van der Waals surface area (Å²) in [5.41, 5.74) is 0. The number of aliphatic hydroxyl groups is 1. The van der Waals surface area contributed by atoms with E-state index in [-0.39, 0.29) is 19.1 Å². The number of aliphatic hydroxyl groups excluding tert-OH is 1. The molecule has 0 aliphatic heterocycles. The highest BCUT2D eigenvalue weighted by Gasteiger charge is 2.36. The Morgan fingerprint density at radius 2 is 1.76 bits per heavy atom. The van der Waals surface area contributed by atoms with Gasteiger partial charge >= 0.3 is 5.97 Å². The lowest BCUT2D eigenvalue weighted by molar-refractivity contribution is -0.150. The number of aliphatic carboxylic acids is 1. The third-order valence-electron chi connectivity index (χ3n) is 4.03. The van der Waals surface area contributed by atoms with Crippen LogP contribution in [0.4, 0.5) is 0 Å². The van der Waals surface area contributed by atoms with Crippen LogP contribution in [-0.2, 0) is 9.59 Å². The van der Waals surface area contributed by atoms with Crippen molar-refractivity contribution in [2.24, 2.45) is 11.8 Å². The molecule has 0 heterocycles. The first-order valence-electron chi connectivity index (χ1n) is 7.89. The number of rotatable bonds is 9. The van der Waals surface area contributed by atoms with Crippen LogP contribution in [0.1, 0.15) is 45.4 Å². The molecule has 1 amide bonds. The van der Waals surface area contributed by atoms with Gasteiger partial charge in [0.2, 0.25) is 5.91 Å². The monoisotopic (exact) mass is 297 g/mol. The van der Waals surface area contributed by atoms with Gasteiger partial charge in [-0.05, 0) is 19.3 Å². The molecular weight excluding hydrogens is 270 g/mol. The van der Waals surface area contributed by atoms with Gasteiger partial charge in [-0.3, -0.25) is 9.59 Å². The minimum Gasteiger partial charge on any atom is -0.481 e. The van der Waals surface area contributed by atoms with Crippen LogP contribution in [0.25, 0.3) is 0 Å². The molecule has 5 heteroatoms. The minimum atomic E-state index is -0.910. The first-order chi connectivity index (χ1) is 10.1. The van der Waals surface area contributed by atoms with E-state index in [0.29, 0.717) is 19.4 Å². The standard InChI is InChI=1S/C16H27NO4/c1-2-3-4-7-10-17(11-12-18)15(19)13-8-5-6-9-14(13)16(20)21/h5-6,13-14,18H,2-4,7-12H2,1H3,(H,20,21)/t13-,14+/m1/s1. The van der Waals surface area contributed by atoms with Gasteiger partial charge in [0.25, 0.3) is 0 Å². The predicted molar refractivity (Wildman–Crippen MR) is 80.8 cm³/mol. The van der Waals surface area contributed by atoms with Crippen molar-refractivity contribution in [1.82, 2.24) is 4.90 Å². The Labute approximate surface area is 126 Å². The molecule has 21 heavy (non-hydrogen) atoms. The molecule has 0 bridgehead atoms. The van der Waals surface area contributed by atoms with Gasteiger partial charge in [0.05, 0.1) is 18.4 Å². The van der Waals surface area contributed by atoms with Gasteiger partial charge in [-0.2, -0.15) is 0 Å². The summed E-state index contributed by atoms with van der Waals surface area (Å²) < 4.78 is 0. The van der Waals surface area contributed by atoms with E-state index in [1.807, 2.05) is 12.2 Å². The lowest BCUT2D eigenvalue weighted by atomic mass is 9.82. The number of allylic oxidation sites excluding steroid dienone is 2. The van der Waals surface area contributed by atoms with Gasteiger partial charge in [-0.25, -0.2) is 0 Å². The fourth-order valence-corrected chi connectivity index (χ4v) is 2.78. The molecule has 0 fully saturated rings. The van der Waals surface area contributed by atoms with Crippen molar-refractivity contribution in [3.63, 3.8) is 0 Å². The number of hydrogen-bond acceptors (Lipinski definition) is 3. The van der Waals surface area contributed by atoms with Crippen molar-refractivity contribution in [2.75, 3.05) is 19.7 Å². The molecular formula is C16H27NO4. The summed E-state index contributed by atoms with van der Waals surface area (Å²) in [6.45, 7) is 2.94. The molecule has 120 valence electrons. The second kappa shape index (κ2) is 9.55. The molecule has 0 aromatic carbocycles. The van der Waals surface area contributed by atoms with Gasteiger partial charge in [0.1, 0.15) is 0 Å². The third kappa shape index (κ3) is 5.50. The molecule has 0 saturated carbocycles. The summed E-state index contributed by atoms with van der Waals surface area (Å²) in [5.74, 6) is -2.17. The largest absolute Gasteiger partial charge is 0.481 e. The summed E-state index contributed by atoms with van der Waals surface area (Å²) in [6.07, 6.45) is 8.82. The quantitative estimate of drug-likeness (QED) is 0.504. The van der Waals surface area contributed by atoms with Crippen molar-refractivity contribution in [2.45, 2.75) is 45.4 Å². The zero-order chi connectivity index (χ0) is 15.7. The van der Waals surface area contributed by atoms with Crippen molar-refractivity contribution >= 4 is 11.9 Å². The van der Waals surface area contributed by atoms with E-state index in [9.17, 15) is 14.7 Å². The number of nitrogens with zero attached hydrogens (tertiary/aromatic N) is 1. The fourth-order valence-electron chi connectivity index (χ4n) is 2.78. The normalized spacial score (nSPS) is 21.2. The van der Waals surface area contributed by atoms with Crippen LogP contribution in [-0.4, -0.2) is 46.7 Å². The zero-order valence-electron chi connectivity index (χ0n) is 12.8. The highest BCUT2D eigenvalue weighted by Crippen LogP contribution is 2.27. The summed E-state index contributed by atoms with van der Waals surface area (Å²) >= 11 is 0. The van der Waals surface area contributed by atoms with Crippen LogP contribution in [0.2, 0.25) is 0 Å².